The van der Waals surface area contributed by atoms with Gasteiger partial charge in [-0.25, -0.2) is 10.1 Å². The fourth-order valence-corrected chi connectivity index (χ4v) is 2.03. The topological polar surface area (TPSA) is 78.4 Å². The van der Waals surface area contributed by atoms with Crippen LogP contribution in [0.3, 0.4) is 0 Å². The Kier molecular flexibility index (Phi) is 4.89. The van der Waals surface area contributed by atoms with Gasteiger partial charge in [-0.15, -0.1) is 0 Å². The number of carbonyl (C=O) groups is 2. The van der Waals surface area contributed by atoms with E-state index in [2.05, 4.69) is 4.74 Å². The average molecular weight is 246 g/mol. The van der Waals surface area contributed by atoms with Crippen molar-refractivity contribution in [3.63, 3.8) is 0 Å². The first-order valence-electron chi connectivity index (χ1n) is 5.62. The van der Waals surface area contributed by atoms with Crippen molar-refractivity contribution in [1.29, 1.82) is 0 Å². The molecular formula is C11H20NO5+. The Bertz CT molecular complexity index is 286. The number of hydrogen-bond donors (Lipinski definition) is 1. The summed E-state index contributed by atoms with van der Waals surface area (Å²) in [6.45, 7) is 3.16. The molecule has 0 aromatic rings. The molecule has 1 atom stereocenters. The Balaban J connectivity index is 2.80. The Hall–Kier alpha value is -1.14. The van der Waals surface area contributed by atoms with Crippen LogP contribution in [0.4, 0.5) is 4.79 Å². The van der Waals surface area contributed by atoms with E-state index in [1.807, 2.05) is 6.92 Å². The average Bonchev–Trinajstić information content (AvgIpc) is 2.35. The van der Waals surface area contributed by atoms with E-state index in [-0.39, 0.29) is 5.41 Å². The maximum atomic E-state index is 11.8. The van der Waals surface area contributed by atoms with Crippen LogP contribution in [-0.2, 0) is 19.0 Å². The molecule has 6 nitrogen and oxygen atoms in total. The van der Waals surface area contributed by atoms with Gasteiger partial charge in [-0.05, 0) is 12.8 Å². The van der Waals surface area contributed by atoms with E-state index in [1.54, 1.807) is 0 Å². The Morgan fingerprint density at radius 3 is 2.29 bits per heavy atom. The second-order valence-electron chi connectivity index (χ2n) is 4.46. The molecule has 6 heteroatoms. The van der Waals surface area contributed by atoms with E-state index in [0.717, 1.165) is 12.8 Å². The molecule has 2 N–H and O–H groups in total. The van der Waals surface area contributed by atoms with Crippen molar-refractivity contribution >= 4 is 12.1 Å². The molecule has 1 amide bonds. The van der Waals surface area contributed by atoms with Crippen LogP contribution in [0.2, 0.25) is 0 Å². The smallest absolute Gasteiger partial charge is 0.465 e. The van der Waals surface area contributed by atoms with Crippen molar-refractivity contribution in [3.8, 4) is 0 Å². The molecule has 1 unspecified atom stereocenters. The van der Waals surface area contributed by atoms with Gasteiger partial charge in [0, 0.05) is 18.6 Å². The van der Waals surface area contributed by atoms with E-state index in [4.69, 9.17) is 9.47 Å². The van der Waals surface area contributed by atoms with Crippen molar-refractivity contribution in [2.75, 3.05) is 27.4 Å². The van der Waals surface area contributed by atoms with Gasteiger partial charge in [-0.2, -0.15) is 4.79 Å². The highest BCUT2D eigenvalue weighted by molar-refractivity contribution is 5.76. The lowest BCUT2D eigenvalue weighted by molar-refractivity contribution is -0.612. The molecule has 17 heavy (non-hydrogen) atoms. The third-order valence-corrected chi connectivity index (χ3v) is 3.34. The Morgan fingerprint density at radius 1 is 1.24 bits per heavy atom. The number of esters is 1. The highest BCUT2D eigenvalue weighted by Gasteiger charge is 2.45. The molecule has 0 radical (unpaired) electrons. The largest absolute Gasteiger partial charge is 0.513 e. The summed E-state index contributed by atoms with van der Waals surface area (Å²) in [5.74, 6) is -0.403. The zero-order chi connectivity index (χ0) is 12.9. The third kappa shape index (κ3) is 3.41. The summed E-state index contributed by atoms with van der Waals surface area (Å²) in [5, 5.41) is 1.30. The number of primary amides is 1. The molecule has 0 spiro atoms. The molecule has 1 rings (SSSR count). The Morgan fingerprint density at radius 2 is 1.82 bits per heavy atom. The highest BCUT2D eigenvalue weighted by atomic mass is 16.5. The van der Waals surface area contributed by atoms with Crippen molar-refractivity contribution in [2.45, 2.75) is 25.8 Å². The lowest BCUT2D eigenvalue weighted by atomic mass is 9.75. The molecule has 1 aliphatic rings. The summed E-state index contributed by atoms with van der Waals surface area (Å²) >= 11 is 0. The summed E-state index contributed by atoms with van der Waals surface area (Å²) < 4.78 is 14.6. The van der Waals surface area contributed by atoms with E-state index in [1.165, 1.54) is 19.5 Å². The first kappa shape index (κ1) is 13.9. The maximum absolute atomic E-state index is 11.8. The fraction of sp³-hybridized carbons (Fsp3) is 0.818. The SMILES string of the molecule is COC(=O)[NH2+]C(C(=O)OC)C1(C)CCOCC1. The summed E-state index contributed by atoms with van der Waals surface area (Å²) in [6.07, 6.45) is 0.939. The Labute approximate surface area is 101 Å². The van der Waals surface area contributed by atoms with Gasteiger partial charge in [-0.1, -0.05) is 6.92 Å². The predicted octanol–water partition coefficient (Wildman–Crippen LogP) is -0.326. The van der Waals surface area contributed by atoms with Crippen LogP contribution in [0.15, 0.2) is 0 Å². The lowest BCUT2D eigenvalue weighted by Gasteiger charge is -2.35. The van der Waals surface area contributed by atoms with Crippen LogP contribution < -0.4 is 5.32 Å². The third-order valence-electron chi connectivity index (χ3n) is 3.34. The van der Waals surface area contributed by atoms with Gasteiger partial charge in [0.25, 0.3) is 0 Å². The van der Waals surface area contributed by atoms with Crippen LogP contribution in [0.1, 0.15) is 19.8 Å². The fourth-order valence-electron chi connectivity index (χ4n) is 2.03. The van der Waals surface area contributed by atoms with E-state index < -0.39 is 18.1 Å². The van der Waals surface area contributed by atoms with Crippen molar-refractivity contribution in [3.05, 3.63) is 0 Å². The molecule has 1 saturated heterocycles. The summed E-state index contributed by atoms with van der Waals surface area (Å²) in [5.41, 5.74) is -0.306. The molecular weight excluding hydrogens is 226 g/mol. The van der Waals surface area contributed by atoms with Gasteiger partial charge in [-0.3, -0.25) is 0 Å². The number of nitrogens with two attached hydrogens (primary N) is 1. The molecule has 0 bridgehead atoms. The first-order valence-corrected chi connectivity index (χ1v) is 5.62. The van der Waals surface area contributed by atoms with Crippen molar-refractivity contribution < 1.29 is 29.1 Å². The molecule has 1 heterocycles. The molecule has 0 aliphatic carbocycles. The highest BCUT2D eigenvalue weighted by Crippen LogP contribution is 2.32. The molecule has 0 aromatic heterocycles. The van der Waals surface area contributed by atoms with Gasteiger partial charge in [0.15, 0.2) is 6.04 Å². The number of methoxy groups -OCH3 is 2. The van der Waals surface area contributed by atoms with E-state index in [9.17, 15) is 9.59 Å². The monoisotopic (exact) mass is 246 g/mol. The second kappa shape index (κ2) is 5.97. The molecule has 1 aliphatic heterocycles. The number of amides is 1. The van der Waals surface area contributed by atoms with E-state index >= 15 is 0 Å². The standard InChI is InChI=1S/C11H19NO5/c1-11(4-6-17-7-5-11)8(9(13)15-2)12-10(14)16-3/h8H,4-7H2,1-3H3,(H,12,14)/p+1. The zero-order valence-corrected chi connectivity index (χ0v) is 10.5. The van der Waals surface area contributed by atoms with Gasteiger partial charge in [0.1, 0.15) is 0 Å². The predicted molar refractivity (Wildman–Crippen MR) is 58.3 cm³/mol. The van der Waals surface area contributed by atoms with Crippen molar-refractivity contribution in [1.82, 2.24) is 0 Å². The molecule has 98 valence electrons. The zero-order valence-electron chi connectivity index (χ0n) is 10.5. The van der Waals surface area contributed by atoms with Gasteiger partial charge < -0.3 is 14.2 Å². The first-order chi connectivity index (χ1) is 8.03. The lowest BCUT2D eigenvalue weighted by Crippen LogP contribution is -2.98. The maximum Gasteiger partial charge on any atom is 0.513 e. The number of rotatable bonds is 3. The second-order valence-corrected chi connectivity index (χ2v) is 4.46. The summed E-state index contributed by atoms with van der Waals surface area (Å²) in [7, 11) is 2.61. The number of hydrogen-bond acceptors (Lipinski definition) is 5. The molecule has 0 aromatic carbocycles. The number of ether oxygens (including phenoxy) is 3. The number of quaternary nitrogens is 1. The minimum absolute atomic E-state index is 0.306. The van der Waals surface area contributed by atoms with Crippen molar-refractivity contribution in [2.24, 2.45) is 5.41 Å². The van der Waals surface area contributed by atoms with E-state index in [0.29, 0.717) is 13.2 Å². The summed E-state index contributed by atoms with van der Waals surface area (Å²) in [6, 6.07) is -0.580. The molecule has 1 fully saturated rings. The van der Waals surface area contributed by atoms with Crippen LogP contribution in [-0.4, -0.2) is 45.5 Å². The van der Waals surface area contributed by atoms with Gasteiger partial charge in [0.05, 0.1) is 14.2 Å². The number of carbonyl (C=O) groups excluding carboxylic acids is 2. The van der Waals surface area contributed by atoms with Crippen LogP contribution in [0.25, 0.3) is 0 Å². The minimum atomic E-state index is -0.580. The van der Waals surface area contributed by atoms with Gasteiger partial charge in [0.2, 0.25) is 0 Å². The minimum Gasteiger partial charge on any atom is -0.465 e. The van der Waals surface area contributed by atoms with Gasteiger partial charge >= 0.3 is 12.1 Å². The normalized spacial score (nSPS) is 20.4. The van der Waals surface area contributed by atoms with Crippen LogP contribution in [0.5, 0.6) is 0 Å². The molecule has 0 saturated carbocycles. The van der Waals surface area contributed by atoms with Crippen LogP contribution >= 0.6 is 0 Å². The van der Waals surface area contributed by atoms with Crippen LogP contribution in [0, 0.1) is 5.41 Å². The quantitative estimate of drug-likeness (QED) is 0.690. The summed E-state index contributed by atoms with van der Waals surface area (Å²) in [4.78, 5) is 23.1.